The number of nitrogens with two attached hydrogens (primary N) is 1. The molecule has 3 N–H and O–H groups in total. The molecule has 0 bridgehead atoms. The number of nitrogens with one attached hydrogen (secondary N) is 1. The van der Waals surface area contributed by atoms with Crippen LogP contribution in [0.1, 0.15) is 88.1 Å². The fraction of sp³-hybridized carbons (Fsp3) is 0.380. The second-order valence-corrected chi connectivity index (χ2v) is 18.2. The van der Waals surface area contributed by atoms with Crippen LogP contribution in [0.5, 0.6) is 23.0 Å². The van der Waals surface area contributed by atoms with E-state index >= 15 is 0 Å². The van der Waals surface area contributed by atoms with Crippen LogP contribution < -0.4 is 30.0 Å². The molecule has 342 valence electrons. The number of ketones is 2. The number of hydrogen-bond acceptors (Lipinski definition) is 14. The van der Waals surface area contributed by atoms with Gasteiger partial charge in [-0.15, -0.1) is 0 Å². The van der Waals surface area contributed by atoms with Crippen molar-refractivity contribution in [2.24, 2.45) is 4.99 Å². The first kappa shape index (κ1) is 47.8. The van der Waals surface area contributed by atoms with E-state index in [0.29, 0.717) is 40.0 Å². The predicted molar refractivity (Wildman–Crippen MR) is 269 cm³/mol. The smallest absolute Gasteiger partial charge is 0.206 e. The second kappa shape index (κ2) is 23.8. The van der Waals surface area contributed by atoms with Crippen molar-refractivity contribution in [1.82, 2.24) is 14.8 Å². The van der Waals surface area contributed by atoms with Gasteiger partial charge < -0.3 is 30.0 Å². The van der Waals surface area contributed by atoms with Gasteiger partial charge in [-0.05, 0) is 137 Å². The van der Waals surface area contributed by atoms with Crippen LogP contribution in [0.3, 0.4) is 0 Å². The molecule has 2 saturated heterocycles. The number of carbonyl (C=O) groups excluding carboxylic acids is 2. The number of benzene rings is 4. The highest BCUT2D eigenvalue weighted by Crippen LogP contribution is 2.37. The predicted octanol–water partition coefficient (Wildman–Crippen LogP) is 10.3. The first-order valence-corrected chi connectivity index (χ1v) is 24.7. The first-order valence-electron chi connectivity index (χ1n) is 22.3. The van der Waals surface area contributed by atoms with E-state index in [1.165, 1.54) is 68.6 Å². The minimum Gasteiger partial charge on any atom is -0.493 e. The molecule has 4 aliphatic rings. The summed E-state index contributed by atoms with van der Waals surface area (Å²) in [6.07, 6.45) is 6.84. The lowest BCUT2D eigenvalue weighted by molar-refractivity contribution is 0.102. The molecule has 12 nitrogen and oxygen atoms in total. The molecule has 4 aliphatic heterocycles. The van der Waals surface area contributed by atoms with E-state index in [0.717, 1.165) is 77.4 Å². The maximum atomic E-state index is 13.1. The van der Waals surface area contributed by atoms with E-state index in [2.05, 4.69) is 67.1 Å². The number of rotatable bonds is 16. The van der Waals surface area contributed by atoms with Crippen LogP contribution >= 0.6 is 39.5 Å². The van der Waals surface area contributed by atoms with Crippen molar-refractivity contribution in [3.05, 3.63) is 112 Å². The number of thiazole rings is 1. The van der Waals surface area contributed by atoms with Crippen LogP contribution in [-0.4, -0.2) is 109 Å². The number of ether oxygens (including phenoxy) is 4. The zero-order valence-electron chi connectivity index (χ0n) is 37.0. The van der Waals surface area contributed by atoms with Gasteiger partial charge in [-0.1, -0.05) is 53.3 Å². The summed E-state index contributed by atoms with van der Waals surface area (Å²) in [6, 6.07) is 26.7. The van der Waals surface area contributed by atoms with Crippen molar-refractivity contribution in [2.45, 2.75) is 51.4 Å². The molecule has 0 radical (unpaired) electrons. The molecule has 2 unspecified atom stereocenters. The van der Waals surface area contributed by atoms with Crippen molar-refractivity contribution < 1.29 is 28.5 Å². The van der Waals surface area contributed by atoms with E-state index in [1.54, 1.807) is 12.3 Å². The van der Waals surface area contributed by atoms with E-state index in [9.17, 15) is 9.59 Å². The first-order chi connectivity index (χ1) is 31.7. The molecule has 9 rings (SSSR count). The summed E-state index contributed by atoms with van der Waals surface area (Å²) in [5.74, 6) is 4.40. The van der Waals surface area contributed by atoms with Crippen molar-refractivity contribution in [3.8, 4) is 23.0 Å². The topological polar surface area (TPSA) is 141 Å². The van der Waals surface area contributed by atoms with Gasteiger partial charge in [0, 0.05) is 64.4 Å². The number of Topliss-reactive ketones (excluding diaryl/α,β-unsaturated/α-hetero) is 1. The highest BCUT2D eigenvalue weighted by atomic mass is 79.9. The Morgan fingerprint density at radius 3 is 1.88 bits per heavy atom. The highest BCUT2D eigenvalue weighted by Gasteiger charge is 2.25. The fourth-order valence-electron chi connectivity index (χ4n) is 7.91. The number of nitrogens with zero attached hydrogens (tertiary/aromatic N) is 4. The van der Waals surface area contributed by atoms with Gasteiger partial charge in [0.1, 0.15) is 46.9 Å². The Morgan fingerprint density at radius 2 is 1.34 bits per heavy atom. The number of aliphatic imine (C=N–C) groups is 1. The van der Waals surface area contributed by atoms with E-state index in [4.69, 9.17) is 24.7 Å². The summed E-state index contributed by atoms with van der Waals surface area (Å²) in [7, 11) is 0. The third kappa shape index (κ3) is 13.4. The maximum Gasteiger partial charge on any atom is 0.206 e. The Bertz CT molecular complexity index is 2400. The molecule has 0 saturated carbocycles. The van der Waals surface area contributed by atoms with Crippen LogP contribution in [-0.2, 0) is 0 Å². The molecule has 4 aromatic carbocycles. The zero-order chi connectivity index (χ0) is 45.5. The molecular weight excluding hydrogens is 925 g/mol. The van der Waals surface area contributed by atoms with Crippen LogP contribution in [0.15, 0.2) is 89.9 Å². The molecule has 65 heavy (non-hydrogen) atoms. The number of nitrogen functional groups attached to an aromatic ring is 1. The molecule has 5 heterocycles. The number of aromatic nitrogens is 1. The van der Waals surface area contributed by atoms with Crippen LogP contribution in [0, 0.1) is 0 Å². The van der Waals surface area contributed by atoms with Gasteiger partial charge in [-0.3, -0.25) is 24.4 Å². The Labute approximate surface area is 399 Å². The summed E-state index contributed by atoms with van der Waals surface area (Å²) in [5, 5.41) is 5.70. The number of alkyl halides is 1. The number of halogens is 1. The van der Waals surface area contributed by atoms with Gasteiger partial charge in [-0.2, -0.15) is 0 Å². The zero-order valence-corrected chi connectivity index (χ0v) is 40.2. The Morgan fingerprint density at radius 1 is 0.815 bits per heavy atom. The number of fused-ring (bicyclic) bond motifs is 2. The highest BCUT2D eigenvalue weighted by molar-refractivity contribution is 9.09. The third-order valence-electron chi connectivity index (χ3n) is 11.6. The number of likely N-dealkylation sites (tertiary alicyclic amines) is 2. The third-order valence-corrected chi connectivity index (χ3v) is 13.2. The summed E-state index contributed by atoms with van der Waals surface area (Å²) < 4.78 is 22.7. The van der Waals surface area contributed by atoms with Crippen molar-refractivity contribution in [1.29, 1.82) is 0 Å². The van der Waals surface area contributed by atoms with E-state index in [1.807, 2.05) is 78.9 Å². The molecular formula is C50H57BrN6O6S2. The summed E-state index contributed by atoms with van der Waals surface area (Å²) in [6.45, 7) is 13.8. The van der Waals surface area contributed by atoms with Gasteiger partial charge in [0.25, 0.3) is 0 Å². The molecule has 2 fully saturated rings. The monoisotopic (exact) mass is 980 g/mol. The SMILES string of the molecule is CC1COc2ccc(C(=O)CBr)cc21.CC1COc2ccc(C(=O)c3sc(Nc4ccc(OCCN5CCCC5)cc4)nc3N)cc21.S=CC=Nc1ccc(OCCN2CCCC2)cc1. The molecule has 15 heteroatoms. The number of anilines is 3. The van der Waals surface area contributed by atoms with Crippen LogP contribution in [0.4, 0.5) is 22.3 Å². The Kier molecular flexibility index (Phi) is 17.5. The molecule has 0 spiro atoms. The van der Waals surface area contributed by atoms with Gasteiger partial charge in [0.05, 0.1) is 24.2 Å². The molecule has 0 aliphatic carbocycles. The lowest BCUT2D eigenvalue weighted by Gasteiger charge is -2.15. The minimum absolute atomic E-state index is 0.118. The Balaban J connectivity index is 0.000000165. The normalized spacial score (nSPS) is 17.5. The van der Waals surface area contributed by atoms with Gasteiger partial charge in [0.15, 0.2) is 10.9 Å². The lowest BCUT2D eigenvalue weighted by Crippen LogP contribution is -2.25. The summed E-state index contributed by atoms with van der Waals surface area (Å²) in [4.78, 5) is 38.3. The van der Waals surface area contributed by atoms with Crippen molar-refractivity contribution >= 4 is 85.0 Å². The quantitative estimate of drug-likeness (QED) is 0.0421. The average molecular weight is 982 g/mol. The van der Waals surface area contributed by atoms with Crippen LogP contribution in [0.2, 0.25) is 0 Å². The van der Waals surface area contributed by atoms with Crippen molar-refractivity contribution in [3.63, 3.8) is 0 Å². The van der Waals surface area contributed by atoms with Gasteiger partial charge in [0.2, 0.25) is 5.78 Å². The molecule has 2 atom stereocenters. The number of thiocarbonyl (C=S) groups is 1. The van der Waals surface area contributed by atoms with Crippen LogP contribution in [0.25, 0.3) is 0 Å². The maximum absolute atomic E-state index is 13.1. The van der Waals surface area contributed by atoms with Gasteiger partial charge >= 0.3 is 0 Å². The van der Waals surface area contributed by atoms with E-state index in [-0.39, 0.29) is 23.3 Å². The summed E-state index contributed by atoms with van der Waals surface area (Å²) >= 11 is 9.11. The van der Waals surface area contributed by atoms with Gasteiger partial charge in [-0.25, -0.2) is 4.98 Å². The number of carbonyl (C=O) groups is 2. The second-order valence-electron chi connectivity index (χ2n) is 16.4. The fourth-order valence-corrected chi connectivity index (χ4v) is 9.16. The minimum atomic E-state index is -0.123. The lowest BCUT2D eigenvalue weighted by atomic mass is 9.99. The standard InChI is InChI=1S/C25H28N4O3S.C14H18N2OS.C11H11BrO2/c1-16-15-32-21-9-4-17(14-20(16)21)22(30)23-24(26)28-25(33-23)27-18-5-7-19(8-6-18)31-13-12-29-10-2-3-11-29;18-12-7-15-13-3-5-14(6-4-13)17-11-10-16-8-1-2-9-16;1-7-6-14-11-3-2-8(4-9(7)11)10(13)5-12/h4-9,14,16H,2-3,10-13,15,26H2,1H3,(H,27,28);3-7,12H,1-2,8-11H2;2-4,7H,5-6H2,1H3. The molecule has 1 aromatic heterocycles. The summed E-state index contributed by atoms with van der Waals surface area (Å²) in [5.41, 5.74) is 11.4. The Hall–Kier alpha value is -5.19. The number of hydrogen-bond donors (Lipinski definition) is 2. The molecule has 5 aromatic rings. The van der Waals surface area contributed by atoms with E-state index < -0.39 is 0 Å². The van der Waals surface area contributed by atoms with Crippen molar-refractivity contribution in [2.75, 3.05) is 82.1 Å². The largest absolute Gasteiger partial charge is 0.493 e. The average Bonchev–Trinajstić information content (AvgIpc) is 4.21. The molecule has 0 amide bonds.